The van der Waals surface area contributed by atoms with Gasteiger partial charge in [0.1, 0.15) is 89.4 Å². The summed E-state index contributed by atoms with van der Waals surface area (Å²) < 4.78 is 23.0. The molecule has 2 saturated heterocycles. The van der Waals surface area contributed by atoms with E-state index in [2.05, 4.69) is 0 Å². The molecule has 0 spiro atoms. The third-order valence-corrected chi connectivity index (χ3v) is 7.88. The summed E-state index contributed by atoms with van der Waals surface area (Å²) in [6.45, 7) is -1.61. The van der Waals surface area contributed by atoms with Gasteiger partial charge in [0.25, 0.3) is 0 Å². The van der Waals surface area contributed by atoms with Crippen LogP contribution in [0, 0.1) is 0 Å². The van der Waals surface area contributed by atoms with Crippen molar-refractivity contribution in [2.75, 3.05) is 20.3 Å². The topological polar surface area (TPSA) is 260 Å². The lowest BCUT2D eigenvalue weighted by molar-refractivity contribution is -0.233. The predicted octanol–water partition coefficient (Wildman–Crippen LogP) is -2.09. The van der Waals surface area contributed by atoms with Gasteiger partial charge in [-0.3, -0.25) is 4.79 Å². The van der Waals surface area contributed by atoms with Crippen LogP contribution in [0.1, 0.15) is 23.3 Å². The van der Waals surface area contributed by atoms with Crippen molar-refractivity contribution in [3.8, 4) is 28.6 Å². The summed E-state index contributed by atoms with van der Waals surface area (Å²) in [5.41, 5.74) is -1.71. The average Bonchev–Trinajstić information content (AvgIpc) is 2.99. The molecule has 0 unspecified atom stereocenters. The molecule has 3 heterocycles. The summed E-state index contributed by atoms with van der Waals surface area (Å²) in [6.07, 6.45) is -17.4. The van der Waals surface area contributed by atoms with Crippen molar-refractivity contribution < 1.29 is 69.7 Å². The second-order valence-electron chi connectivity index (χ2n) is 10.4. The lowest BCUT2D eigenvalue weighted by atomic mass is 9.85. The van der Waals surface area contributed by atoms with Gasteiger partial charge in [0.05, 0.1) is 31.5 Å². The highest BCUT2D eigenvalue weighted by Crippen LogP contribution is 2.51. The molecule has 2 aromatic carbocycles. The van der Waals surface area contributed by atoms with Gasteiger partial charge in [0.2, 0.25) is 0 Å². The molecule has 3 aromatic rings. The van der Waals surface area contributed by atoms with E-state index in [1.807, 2.05) is 0 Å². The minimum atomic E-state index is -1.94. The van der Waals surface area contributed by atoms with E-state index < -0.39 is 108 Å². The summed E-state index contributed by atoms with van der Waals surface area (Å²) in [4.78, 5) is 13.6. The van der Waals surface area contributed by atoms with Crippen molar-refractivity contribution in [2.45, 2.75) is 61.0 Å². The first kappa shape index (κ1) is 31.1. The number of hydrogen-bond acceptors (Lipinski definition) is 15. The van der Waals surface area contributed by atoms with Gasteiger partial charge in [-0.15, -0.1) is 0 Å². The highest BCUT2D eigenvalue weighted by atomic mass is 16.6. The number of ether oxygens (including phenoxy) is 3. The molecule has 15 nitrogen and oxygen atoms in total. The Hall–Kier alpha value is -3.35. The van der Waals surface area contributed by atoms with E-state index in [0.29, 0.717) is 5.56 Å². The quantitative estimate of drug-likeness (QED) is 0.144. The van der Waals surface area contributed by atoms with Crippen LogP contribution in [-0.4, -0.2) is 120 Å². The van der Waals surface area contributed by atoms with Crippen molar-refractivity contribution in [3.63, 3.8) is 0 Å². The number of phenolic OH excluding ortho intramolecular Hbond substituents is 2. The first-order valence-corrected chi connectivity index (χ1v) is 13.3. The number of benzene rings is 2. The first-order chi connectivity index (χ1) is 20.4. The van der Waals surface area contributed by atoms with E-state index >= 15 is 0 Å². The Bertz CT molecular complexity index is 1520. The lowest BCUT2D eigenvalue weighted by Crippen LogP contribution is -2.55. The first-order valence-electron chi connectivity index (χ1n) is 13.3. The molecular weight excluding hydrogens is 576 g/mol. The highest BCUT2D eigenvalue weighted by molar-refractivity contribution is 5.92. The van der Waals surface area contributed by atoms with Gasteiger partial charge in [-0.25, -0.2) is 0 Å². The number of methoxy groups -OCH3 is 1. The molecule has 0 amide bonds. The number of phenols is 2. The second-order valence-corrected chi connectivity index (χ2v) is 10.4. The van der Waals surface area contributed by atoms with E-state index in [9.17, 15) is 55.9 Å². The van der Waals surface area contributed by atoms with Crippen molar-refractivity contribution in [1.29, 1.82) is 0 Å². The van der Waals surface area contributed by atoms with Crippen LogP contribution in [0.15, 0.2) is 39.5 Å². The molecule has 0 radical (unpaired) electrons. The summed E-state index contributed by atoms with van der Waals surface area (Å²) in [7, 11) is 1.11. The van der Waals surface area contributed by atoms with E-state index in [1.165, 1.54) is 24.3 Å². The molecule has 2 fully saturated rings. The van der Waals surface area contributed by atoms with Crippen molar-refractivity contribution in [1.82, 2.24) is 0 Å². The normalized spacial score (nSPS) is 33.0. The minimum absolute atomic E-state index is 0.0645. The summed E-state index contributed by atoms with van der Waals surface area (Å²) >= 11 is 0. The highest BCUT2D eigenvalue weighted by Gasteiger charge is 2.50. The Kier molecular flexibility index (Phi) is 8.65. The van der Waals surface area contributed by atoms with Crippen LogP contribution in [0.25, 0.3) is 22.3 Å². The number of aliphatic hydroxyl groups excluding tert-OH is 8. The fraction of sp³-hybridized carbons (Fsp3) is 0.464. The molecule has 0 bridgehead atoms. The number of fused-ring (bicyclic) bond motifs is 1. The zero-order valence-electron chi connectivity index (χ0n) is 22.6. The molecule has 43 heavy (non-hydrogen) atoms. The molecule has 5 rings (SSSR count). The van der Waals surface area contributed by atoms with E-state index in [1.54, 1.807) is 0 Å². The SMILES string of the molecule is COc1c([C@@H]2O[C@H](CO)[C@H](O)[C@H](O)[C@H]2O)c(O)c2c(=O)cc(-c3ccc(O)cc3)oc2c1[C@H]1O[C@@H](CO)[C@@H](O)[C@@H](O)[C@@H]1O. The number of aliphatic hydroxyl groups is 8. The van der Waals surface area contributed by atoms with Crippen LogP contribution in [-0.2, 0) is 9.47 Å². The Balaban J connectivity index is 1.85. The van der Waals surface area contributed by atoms with Gasteiger partial charge >= 0.3 is 0 Å². The van der Waals surface area contributed by atoms with Crippen LogP contribution in [0.4, 0.5) is 0 Å². The largest absolute Gasteiger partial charge is 0.508 e. The van der Waals surface area contributed by atoms with Gasteiger partial charge in [0.15, 0.2) is 11.0 Å². The molecule has 2 aliphatic heterocycles. The maximum atomic E-state index is 13.6. The summed E-state index contributed by atoms with van der Waals surface area (Å²) in [6, 6.07) is 6.56. The Morgan fingerprint density at radius 3 is 1.74 bits per heavy atom. The fourth-order valence-corrected chi connectivity index (χ4v) is 5.59. The van der Waals surface area contributed by atoms with Crippen molar-refractivity contribution in [2.24, 2.45) is 0 Å². The molecule has 2 aliphatic rings. The number of rotatable bonds is 6. The van der Waals surface area contributed by atoms with Crippen molar-refractivity contribution >= 4 is 11.0 Å². The van der Waals surface area contributed by atoms with Gasteiger partial charge in [0, 0.05) is 11.6 Å². The number of aromatic hydroxyl groups is 2. The minimum Gasteiger partial charge on any atom is -0.508 e. The van der Waals surface area contributed by atoms with E-state index in [-0.39, 0.29) is 17.1 Å². The molecule has 0 aliphatic carbocycles. The Morgan fingerprint density at radius 1 is 0.744 bits per heavy atom. The monoisotopic (exact) mass is 608 g/mol. The van der Waals surface area contributed by atoms with Crippen molar-refractivity contribution in [3.05, 3.63) is 51.7 Å². The van der Waals surface area contributed by atoms with Crippen LogP contribution in [0.5, 0.6) is 17.2 Å². The maximum absolute atomic E-state index is 13.6. The smallest absolute Gasteiger partial charge is 0.197 e. The third kappa shape index (κ3) is 5.12. The predicted molar refractivity (Wildman–Crippen MR) is 143 cm³/mol. The molecular formula is C28H32O15. The molecule has 234 valence electrons. The number of hydrogen-bond donors (Lipinski definition) is 10. The van der Waals surface area contributed by atoms with E-state index in [4.69, 9.17) is 18.6 Å². The molecule has 15 heteroatoms. The molecule has 10 N–H and O–H groups in total. The fourth-order valence-electron chi connectivity index (χ4n) is 5.59. The summed E-state index contributed by atoms with van der Waals surface area (Å²) in [5, 5.41) is 104. The van der Waals surface area contributed by atoms with E-state index in [0.717, 1.165) is 13.2 Å². The van der Waals surface area contributed by atoms with Gasteiger partial charge in [-0.05, 0) is 24.3 Å². The van der Waals surface area contributed by atoms with Crippen LogP contribution in [0.2, 0.25) is 0 Å². The van der Waals surface area contributed by atoms with Crippen LogP contribution in [0.3, 0.4) is 0 Å². The maximum Gasteiger partial charge on any atom is 0.197 e. The summed E-state index contributed by atoms with van der Waals surface area (Å²) in [5.74, 6) is -1.39. The van der Waals surface area contributed by atoms with Crippen LogP contribution >= 0.6 is 0 Å². The zero-order chi connectivity index (χ0) is 31.3. The standard InChI is InChI=1S/C28H32O15/c1-40-25-16(27-23(38)21(36)18(33)13(7-29)42-27)20(35)15-11(32)6-12(9-2-4-10(31)5-3-9)41-26(15)17(25)28-24(39)22(37)19(34)14(8-30)43-28/h2-6,13-14,18-19,21-24,27-31,33-39H,7-8H2,1H3/t13-,14+,18+,19-,21+,22-,23-,24+,27+,28-/m1/s1. The Morgan fingerprint density at radius 2 is 1.26 bits per heavy atom. The molecule has 0 saturated carbocycles. The second kappa shape index (κ2) is 12.0. The van der Waals surface area contributed by atoms with Gasteiger partial charge in [-0.2, -0.15) is 0 Å². The van der Waals surface area contributed by atoms with Gasteiger partial charge in [-0.1, -0.05) is 0 Å². The lowest BCUT2D eigenvalue weighted by Gasteiger charge is -2.42. The average molecular weight is 609 g/mol. The molecule has 10 atom stereocenters. The Labute approximate surface area is 242 Å². The van der Waals surface area contributed by atoms with Gasteiger partial charge < -0.3 is 69.7 Å². The zero-order valence-corrected chi connectivity index (χ0v) is 22.6. The van der Waals surface area contributed by atoms with Crippen LogP contribution < -0.4 is 10.2 Å². The third-order valence-electron chi connectivity index (χ3n) is 7.88. The molecule has 1 aromatic heterocycles.